The number of carbonyl (C=O) groups excluding carboxylic acids is 2. The lowest BCUT2D eigenvalue weighted by Crippen LogP contribution is -2.03. The zero-order chi connectivity index (χ0) is 15.7. The molecular weight excluding hydrogens is 280 g/mol. The van der Waals surface area contributed by atoms with Crippen LogP contribution in [0.1, 0.15) is 28.4 Å². The van der Waals surface area contributed by atoms with Gasteiger partial charge in [0.1, 0.15) is 11.5 Å². The highest BCUT2D eigenvalue weighted by Crippen LogP contribution is 2.39. The summed E-state index contributed by atoms with van der Waals surface area (Å²) in [6.07, 6.45) is 1.70. The van der Waals surface area contributed by atoms with E-state index in [1.807, 2.05) is 30.3 Å². The molecule has 110 valence electrons. The monoisotopic (exact) mass is 294 g/mol. The van der Waals surface area contributed by atoms with Gasteiger partial charge in [0.15, 0.2) is 5.76 Å². The maximum Gasteiger partial charge on any atom is 0.308 e. The highest BCUT2D eigenvalue weighted by molar-refractivity contribution is 6.15. The van der Waals surface area contributed by atoms with E-state index in [-0.39, 0.29) is 11.5 Å². The molecule has 0 N–H and O–H groups in total. The number of hydrogen-bond acceptors (Lipinski definition) is 4. The zero-order valence-corrected chi connectivity index (χ0v) is 12.3. The standard InChI is InChI=1S/C18H14O4/c1-11-15(21-12(2)19)9-8-14-17(20)16(22-18(11)14)10-13-6-4-3-5-7-13/h3-10H,1-2H3/b16-10-. The minimum absolute atomic E-state index is 0.170. The van der Waals surface area contributed by atoms with Gasteiger partial charge in [-0.3, -0.25) is 9.59 Å². The topological polar surface area (TPSA) is 52.6 Å². The Morgan fingerprint density at radius 2 is 1.86 bits per heavy atom. The second-order valence-electron chi connectivity index (χ2n) is 5.01. The van der Waals surface area contributed by atoms with E-state index < -0.39 is 5.97 Å². The first kappa shape index (κ1) is 14.1. The van der Waals surface area contributed by atoms with Crippen molar-refractivity contribution in [2.45, 2.75) is 13.8 Å². The smallest absolute Gasteiger partial charge is 0.308 e. The van der Waals surface area contributed by atoms with Crippen LogP contribution in [0.5, 0.6) is 11.5 Å². The molecule has 0 bridgehead atoms. The summed E-state index contributed by atoms with van der Waals surface area (Å²) >= 11 is 0. The third kappa shape index (κ3) is 2.51. The van der Waals surface area contributed by atoms with Gasteiger partial charge in [-0.25, -0.2) is 0 Å². The van der Waals surface area contributed by atoms with Crippen LogP contribution >= 0.6 is 0 Å². The van der Waals surface area contributed by atoms with Crippen LogP contribution in [-0.2, 0) is 4.79 Å². The molecule has 4 nitrogen and oxygen atoms in total. The summed E-state index contributed by atoms with van der Waals surface area (Å²) in [5.74, 6) is 0.541. The molecule has 22 heavy (non-hydrogen) atoms. The Hall–Kier alpha value is -2.88. The SMILES string of the molecule is CC(=O)Oc1ccc2c(c1C)O/C(=C\c1ccccc1)C2=O. The second kappa shape index (κ2) is 5.48. The largest absolute Gasteiger partial charge is 0.452 e. The van der Waals surface area contributed by atoms with Crippen molar-refractivity contribution in [2.24, 2.45) is 0 Å². The Morgan fingerprint density at radius 1 is 1.14 bits per heavy atom. The van der Waals surface area contributed by atoms with Gasteiger partial charge in [-0.1, -0.05) is 30.3 Å². The predicted molar refractivity (Wildman–Crippen MR) is 81.9 cm³/mol. The van der Waals surface area contributed by atoms with Gasteiger partial charge in [0.05, 0.1) is 5.56 Å². The molecule has 3 rings (SSSR count). The third-order valence-corrected chi connectivity index (χ3v) is 3.39. The summed E-state index contributed by atoms with van der Waals surface area (Å²) in [6, 6.07) is 12.7. The van der Waals surface area contributed by atoms with E-state index in [1.54, 1.807) is 25.1 Å². The van der Waals surface area contributed by atoms with Crippen molar-refractivity contribution in [3.8, 4) is 11.5 Å². The van der Waals surface area contributed by atoms with Gasteiger partial charge in [-0.15, -0.1) is 0 Å². The molecule has 0 amide bonds. The van der Waals surface area contributed by atoms with Crippen molar-refractivity contribution in [1.29, 1.82) is 0 Å². The molecule has 0 unspecified atom stereocenters. The third-order valence-electron chi connectivity index (χ3n) is 3.39. The van der Waals surface area contributed by atoms with Gasteiger partial charge in [0.2, 0.25) is 5.78 Å². The first-order chi connectivity index (χ1) is 10.6. The number of benzene rings is 2. The molecule has 0 fully saturated rings. The van der Waals surface area contributed by atoms with Gasteiger partial charge in [0, 0.05) is 12.5 Å². The number of allylic oxidation sites excluding steroid dienone is 1. The van der Waals surface area contributed by atoms with Crippen LogP contribution in [0.3, 0.4) is 0 Å². The van der Waals surface area contributed by atoms with Crippen molar-refractivity contribution in [3.05, 3.63) is 64.9 Å². The van der Waals surface area contributed by atoms with Crippen molar-refractivity contribution in [2.75, 3.05) is 0 Å². The maximum atomic E-state index is 12.4. The Kier molecular flexibility index (Phi) is 3.51. The molecule has 2 aromatic rings. The maximum absolute atomic E-state index is 12.4. The lowest BCUT2D eigenvalue weighted by Gasteiger charge is -2.08. The van der Waals surface area contributed by atoms with Crippen molar-refractivity contribution in [1.82, 2.24) is 0 Å². The molecule has 1 aliphatic rings. The van der Waals surface area contributed by atoms with Gasteiger partial charge < -0.3 is 9.47 Å². The Bertz CT molecular complexity index is 788. The highest BCUT2D eigenvalue weighted by Gasteiger charge is 2.30. The lowest BCUT2D eigenvalue weighted by molar-refractivity contribution is -0.131. The number of ether oxygens (including phenoxy) is 2. The Labute approximate surface area is 128 Å². The summed E-state index contributed by atoms with van der Waals surface area (Å²) < 4.78 is 10.8. The molecule has 1 aliphatic heterocycles. The first-order valence-corrected chi connectivity index (χ1v) is 6.87. The van der Waals surface area contributed by atoms with Gasteiger partial charge >= 0.3 is 5.97 Å². The number of ketones is 1. The summed E-state index contributed by atoms with van der Waals surface area (Å²) in [4.78, 5) is 23.5. The molecule has 0 aromatic heterocycles. The molecule has 0 atom stereocenters. The van der Waals surface area contributed by atoms with Crippen LogP contribution in [0.25, 0.3) is 6.08 Å². The number of carbonyl (C=O) groups is 2. The van der Waals surface area contributed by atoms with Gasteiger partial charge in [-0.05, 0) is 30.7 Å². The number of esters is 1. The van der Waals surface area contributed by atoms with E-state index in [1.165, 1.54) is 6.92 Å². The molecule has 0 saturated heterocycles. The highest BCUT2D eigenvalue weighted by atomic mass is 16.5. The minimum atomic E-state index is -0.410. The van der Waals surface area contributed by atoms with Gasteiger partial charge in [-0.2, -0.15) is 0 Å². The Balaban J connectivity index is 1.99. The molecule has 2 aromatic carbocycles. The summed E-state index contributed by atoms with van der Waals surface area (Å²) in [5.41, 5.74) is 2.00. The normalized spacial score (nSPS) is 14.6. The average molecular weight is 294 g/mol. The van der Waals surface area contributed by atoms with Crippen LogP contribution in [-0.4, -0.2) is 11.8 Å². The fourth-order valence-electron chi connectivity index (χ4n) is 2.33. The van der Waals surface area contributed by atoms with E-state index in [0.717, 1.165) is 5.56 Å². The van der Waals surface area contributed by atoms with E-state index >= 15 is 0 Å². The van der Waals surface area contributed by atoms with Crippen LogP contribution in [0.4, 0.5) is 0 Å². The summed E-state index contributed by atoms with van der Waals surface area (Å²) in [7, 11) is 0. The van der Waals surface area contributed by atoms with E-state index in [2.05, 4.69) is 0 Å². The van der Waals surface area contributed by atoms with Gasteiger partial charge in [0.25, 0.3) is 0 Å². The van der Waals surface area contributed by atoms with E-state index in [0.29, 0.717) is 22.6 Å². The van der Waals surface area contributed by atoms with Crippen LogP contribution in [0.15, 0.2) is 48.2 Å². The fourth-order valence-corrected chi connectivity index (χ4v) is 2.33. The molecule has 0 saturated carbocycles. The van der Waals surface area contributed by atoms with Crippen molar-refractivity contribution in [3.63, 3.8) is 0 Å². The lowest BCUT2D eigenvalue weighted by atomic mass is 10.1. The number of Topliss-reactive ketones (excluding diaryl/α,β-unsaturated/α-hetero) is 1. The summed E-state index contributed by atoms with van der Waals surface area (Å²) in [5, 5.41) is 0. The number of rotatable bonds is 2. The average Bonchev–Trinajstić information content (AvgIpc) is 2.80. The van der Waals surface area contributed by atoms with E-state index in [4.69, 9.17) is 9.47 Å². The second-order valence-corrected chi connectivity index (χ2v) is 5.01. The van der Waals surface area contributed by atoms with Crippen LogP contribution < -0.4 is 9.47 Å². The first-order valence-electron chi connectivity index (χ1n) is 6.87. The predicted octanol–water partition coefficient (Wildman–Crippen LogP) is 3.54. The minimum Gasteiger partial charge on any atom is -0.452 e. The molecule has 0 radical (unpaired) electrons. The molecule has 1 heterocycles. The summed E-state index contributed by atoms with van der Waals surface area (Å²) in [6.45, 7) is 3.09. The Morgan fingerprint density at radius 3 is 2.55 bits per heavy atom. The van der Waals surface area contributed by atoms with Crippen LogP contribution in [0, 0.1) is 6.92 Å². The van der Waals surface area contributed by atoms with Crippen molar-refractivity contribution >= 4 is 17.8 Å². The van der Waals surface area contributed by atoms with Crippen molar-refractivity contribution < 1.29 is 19.1 Å². The van der Waals surface area contributed by atoms with Crippen LogP contribution in [0.2, 0.25) is 0 Å². The number of hydrogen-bond donors (Lipinski definition) is 0. The zero-order valence-electron chi connectivity index (χ0n) is 12.3. The molecule has 0 aliphatic carbocycles. The molecule has 4 heteroatoms. The van der Waals surface area contributed by atoms with E-state index in [9.17, 15) is 9.59 Å². The molecular formula is C18H14O4. The quantitative estimate of drug-likeness (QED) is 0.483. The molecule has 0 spiro atoms. The fraction of sp³-hybridized carbons (Fsp3) is 0.111. The number of fused-ring (bicyclic) bond motifs is 1.